The Bertz CT molecular complexity index is 520. The largest absolute Gasteiger partial charge is 0.548 e. The molecule has 0 saturated carbocycles. The van der Waals surface area contributed by atoms with Crippen LogP contribution in [0.4, 0.5) is 4.79 Å². The number of aliphatic carboxylic acids is 1. The van der Waals surface area contributed by atoms with Gasteiger partial charge in [-0.15, -0.1) is 0 Å². The van der Waals surface area contributed by atoms with Gasteiger partial charge in [0, 0.05) is 19.0 Å². The van der Waals surface area contributed by atoms with Gasteiger partial charge in [0.05, 0.1) is 12.5 Å². The Kier molecular flexibility index (Phi) is 7.20. The summed E-state index contributed by atoms with van der Waals surface area (Å²) in [5, 5.41) is 15.1. The highest BCUT2D eigenvalue weighted by Gasteiger charge is 2.30. The van der Waals surface area contributed by atoms with Gasteiger partial charge in [0.25, 0.3) is 0 Å². The summed E-state index contributed by atoms with van der Waals surface area (Å²) in [5.41, 5.74) is -0.649. The number of rotatable bonds is 5. The molecule has 1 aliphatic heterocycles. The first-order valence-electron chi connectivity index (χ1n) is 8.25. The highest BCUT2D eigenvalue weighted by Crippen LogP contribution is 2.18. The van der Waals surface area contributed by atoms with Crippen molar-refractivity contribution in [1.29, 1.82) is 0 Å². The van der Waals surface area contributed by atoms with E-state index in [4.69, 9.17) is 4.74 Å². The van der Waals surface area contributed by atoms with Crippen LogP contribution in [-0.2, 0) is 19.1 Å². The van der Waals surface area contributed by atoms with E-state index in [-0.39, 0.29) is 17.7 Å². The number of nitrogens with one attached hydrogen (secondary N) is 2. The molecular weight excluding hydrogens is 330 g/mol. The van der Waals surface area contributed by atoms with E-state index in [9.17, 15) is 24.3 Å². The number of nitrogens with zero attached hydrogens (tertiary/aromatic N) is 1. The minimum atomic E-state index is -1.34. The smallest absolute Gasteiger partial charge is 0.408 e. The molecule has 1 heterocycles. The lowest BCUT2D eigenvalue weighted by Gasteiger charge is -2.33. The Labute approximate surface area is 147 Å². The van der Waals surface area contributed by atoms with Gasteiger partial charge >= 0.3 is 6.09 Å². The van der Waals surface area contributed by atoms with Crippen LogP contribution in [0, 0.1) is 5.92 Å². The molecule has 9 nitrogen and oxygen atoms in total. The van der Waals surface area contributed by atoms with Crippen molar-refractivity contribution < 1.29 is 29.0 Å². The Morgan fingerprint density at radius 3 is 2.24 bits per heavy atom. The van der Waals surface area contributed by atoms with E-state index in [1.807, 2.05) is 0 Å². The van der Waals surface area contributed by atoms with Crippen molar-refractivity contribution in [1.82, 2.24) is 15.5 Å². The number of carbonyl (C=O) groups excluding carboxylic acids is 4. The molecule has 1 aliphatic rings. The molecular formula is C16H26N3O6-. The lowest BCUT2D eigenvalue weighted by atomic mass is 9.95. The number of likely N-dealkylation sites (tertiary alicyclic amines) is 1. The van der Waals surface area contributed by atoms with E-state index in [0.29, 0.717) is 25.9 Å². The van der Waals surface area contributed by atoms with Crippen molar-refractivity contribution in [3.05, 3.63) is 0 Å². The van der Waals surface area contributed by atoms with Gasteiger partial charge in [0.2, 0.25) is 11.8 Å². The van der Waals surface area contributed by atoms with E-state index in [2.05, 4.69) is 10.6 Å². The highest BCUT2D eigenvalue weighted by atomic mass is 16.6. The van der Waals surface area contributed by atoms with Crippen LogP contribution >= 0.6 is 0 Å². The molecule has 0 aliphatic carbocycles. The zero-order valence-electron chi connectivity index (χ0n) is 15.1. The number of carboxylic acid groups (broad SMARTS) is 1. The van der Waals surface area contributed by atoms with Gasteiger partial charge in [-0.2, -0.15) is 0 Å². The van der Waals surface area contributed by atoms with Crippen LogP contribution < -0.4 is 15.7 Å². The van der Waals surface area contributed by atoms with Crippen molar-refractivity contribution in [2.24, 2.45) is 5.92 Å². The lowest BCUT2D eigenvalue weighted by Crippen LogP contribution is -2.51. The first-order valence-corrected chi connectivity index (χ1v) is 8.25. The van der Waals surface area contributed by atoms with Crippen LogP contribution in [0.5, 0.6) is 0 Å². The molecule has 1 fully saturated rings. The van der Waals surface area contributed by atoms with Crippen molar-refractivity contribution in [2.75, 3.05) is 19.6 Å². The second kappa shape index (κ2) is 8.68. The van der Waals surface area contributed by atoms with Crippen molar-refractivity contribution >= 4 is 23.9 Å². The summed E-state index contributed by atoms with van der Waals surface area (Å²) in [4.78, 5) is 47.8. The number of amides is 3. The van der Waals surface area contributed by atoms with E-state index in [1.165, 1.54) is 0 Å². The first kappa shape index (κ1) is 20.7. The summed E-state index contributed by atoms with van der Waals surface area (Å²) in [5.74, 6) is -2.28. The number of alkyl carbamates (subject to hydrolysis) is 1. The maximum Gasteiger partial charge on any atom is 0.408 e. The summed E-state index contributed by atoms with van der Waals surface area (Å²) >= 11 is 0. The fourth-order valence-corrected chi connectivity index (χ4v) is 2.49. The fraction of sp³-hybridized carbons (Fsp3) is 0.750. The minimum Gasteiger partial charge on any atom is -0.548 e. The van der Waals surface area contributed by atoms with Crippen molar-refractivity contribution in [2.45, 2.75) is 52.2 Å². The molecule has 0 aromatic heterocycles. The predicted octanol–water partition coefficient (Wildman–Crippen LogP) is -0.996. The van der Waals surface area contributed by atoms with Gasteiger partial charge in [-0.1, -0.05) is 0 Å². The van der Waals surface area contributed by atoms with Gasteiger partial charge in [-0.05, 0) is 40.5 Å². The molecule has 9 heteroatoms. The number of carbonyl (C=O) groups is 4. The maximum absolute atomic E-state index is 12.4. The molecule has 0 spiro atoms. The summed E-state index contributed by atoms with van der Waals surface area (Å²) < 4.78 is 5.11. The van der Waals surface area contributed by atoms with Crippen LogP contribution in [-0.4, -0.2) is 60.1 Å². The average Bonchev–Trinajstić information content (AvgIpc) is 2.50. The highest BCUT2D eigenvalue weighted by molar-refractivity contribution is 5.86. The Balaban J connectivity index is 2.43. The summed E-state index contributed by atoms with van der Waals surface area (Å²) in [7, 11) is 0. The normalized spacial score (nSPS) is 16.7. The van der Waals surface area contributed by atoms with Crippen molar-refractivity contribution in [3.8, 4) is 0 Å². The van der Waals surface area contributed by atoms with E-state index >= 15 is 0 Å². The van der Waals surface area contributed by atoms with Crippen LogP contribution in [0.15, 0.2) is 0 Å². The molecule has 1 rings (SSSR count). The van der Waals surface area contributed by atoms with Crippen molar-refractivity contribution in [3.63, 3.8) is 0 Å². The third kappa shape index (κ3) is 7.40. The molecule has 25 heavy (non-hydrogen) atoms. The standard InChI is InChI=1S/C16H27N3O6/c1-10(18-15(24)25-16(2,3)4)14(23)19-7-5-11(6-8-19)13(22)17-9-12(20)21/h10-11H,5-9H2,1-4H3,(H,17,22)(H,18,24)(H,20,21)/p-1/t10-/m0/s1. The molecule has 0 bridgehead atoms. The van der Waals surface area contributed by atoms with E-state index in [1.54, 1.807) is 32.6 Å². The van der Waals surface area contributed by atoms with Gasteiger partial charge < -0.3 is 30.2 Å². The molecule has 0 aromatic rings. The van der Waals surface area contributed by atoms with Gasteiger partial charge in [-0.3, -0.25) is 9.59 Å². The Morgan fingerprint density at radius 1 is 1.20 bits per heavy atom. The average molecular weight is 356 g/mol. The monoisotopic (exact) mass is 356 g/mol. The third-order valence-electron chi connectivity index (χ3n) is 3.69. The maximum atomic E-state index is 12.4. The Hall–Kier alpha value is -2.32. The number of hydrogen-bond donors (Lipinski definition) is 2. The van der Waals surface area contributed by atoms with Gasteiger partial charge in [0.1, 0.15) is 11.6 Å². The zero-order valence-corrected chi connectivity index (χ0v) is 15.1. The fourth-order valence-electron chi connectivity index (χ4n) is 2.49. The molecule has 2 N–H and O–H groups in total. The minimum absolute atomic E-state index is 0.251. The molecule has 1 atom stereocenters. The quantitative estimate of drug-likeness (QED) is 0.651. The molecule has 0 aromatic carbocycles. The van der Waals surface area contributed by atoms with Crippen LogP contribution in [0.25, 0.3) is 0 Å². The number of ether oxygens (including phenoxy) is 1. The summed E-state index contributed by atoms with van der Waals surface area (Å²) in [6.07, 6.45) is 0.206. The topological polar surface area (TPSA) is 128 Å². The zero-order chi connectivity index (χ0) is 19.2. The Morgan fingerprint density at radius 2 is 1.76 bits per heavy atom. The molecule has 142 valence electrons. The van der Waals surface area contributed by atoms with E-state index in [0.717, 1.165) is 0 Å². The first-order chi connectivity index (χ1) is 11.5. The number of carboxylic acids is 1. The van der Waals surface area contributed by atoms with Crippen LogP contribution in [0.2, 0.25) is 0 Å². The predicted molar refractivity (Wildman–Crippen MR) is 86.2 cm³/mol. The van der Waals surface area contributed by atoms with Crippen LogP contribution in [0.3, 0.4) is 0 Å². The number of hydrogen-bond acceptors (Lipinski definition) is 6. The number of piperidine rings is 1. The molecule has 1 saturated heterocycles. The second-order valence-corrected chi connectivity index (χ2v) is 7.06. The third-order valence-corrected chi connectivity index (χ3v) is 3.69. The second-order valence-electron chi connectivity index (χ2n) is 7.06. The SMILES string of the molecule is C[C@H](NC(=O)OC(C)(C)C)C(=O)N1CCC(C(=O)NCC(=O)[O-])CC1. The molecule has 0 unspecified atom stereocenters. The van der Waals surface area contributed by atoms with Gasteiger partial charge in [-0.25, -0.2) is 4.79 Å². The lowest BCUT2D eigenvalue weighted by molar-refractivity contribution is -0.304. The summed E-state index contributed by atoms with van der Waals surface area (Å²) in [6, 6.07) is -0.738. The van der Waals surface area contributed by atoms with Crippen LogP contribution in [0.1, 0.15) is 40.5 Å². The van der Waals surface area contributed by atoms with Gasteiger partial charge in [0.15, 0.2) is 0 Å². The van der Waals surface area contributed by atoms with E-state index < -0.39 is 30.3 Å². The summed E-state index contributed by atoms with van der Waals surface area (Å²) in [6.45, 7) is 6.98. The molecule has 0 radical (unpaired) electrons. The molecule has 3 amide bonds.